The summed E-state index contributed by atoms with van der Waals surface area (Å²) in [5, 5.41) is 10.7. The highest BCUT2D eigenvalue weighted by molar-refractivity contribution is 6.21. The fourth-order valence-corrected chi connectivity index (χ4v) is 2.98. The first-order chi connectivity index (χ1) is 12.5. The van der Waals surface area contributed by atoms with E-state index in [9.17, 15) is 14.7 Å². The molecule has 6 heteroatoms. The van der Waals surface area contributed by atoms with Crippen LogP contribution in [0.25, 0.3) is 17.3 Å². The molecule has 1 aliphatic heterocycles. The van der Waals surface area contributed by atoms with E-state index in [-0.39, 0.29) is 5.56 Å². The van der Waals surface area contributed by atoms with Crippen molar-refractivity contribution in [3.8, 4) is 11.6 Å². The number of nitrogens with zero attached hydrogens (tertiary/aromatic N) is 2. The van der Waals surface area contributed by atoms with Crippen LogP contribution in [0.4, 0.5) is 5.69 Å². The number of nitrogens with one attached hydrogen (secondary N) is 1. The minimum atomic E-state index is -0.694. The molecule has 0 saturated carbocycles. The van der Waals surface area contributed by atoms with Crippen LogP contribution in [0.3, 0.4) is 0 Å². The molecule has 3 aromatic rings. The number of hydrogen-bond acceptors (Lipinski definition) is 4. The van der Waals surface area contributed by atoms with Crippen molar-refractivity contribution in [2.24, 2.45) is 4.99 Å². The lowest BCUT2D eigenvalue weighted by Gasteiger charge is -2.10. The van der Waals surface area contributed by atoms with Crippen molar-refractivity contribution in [2.75, 3.05) is 0 Å². The van der Waals surface area contributed by atoms with Gasteiger partial charge < -0.3 is 5.11 Å². The minimum Gasteiger partial charge on any atom is -0.494 e. The third-order valence-electron chi connectivity index (χ3n) is 4.24. The Morgan fingerprint density at radius 3 is 2.73 bits per heavy atom. The van der Waals surface area contributed by atoms with E-state index < -0.39 is 17.1 Å². The van der Waals surface area contributed by atoms with E-state index >= 15 is 0 Å². The number of aromatic amines is 1. The molecule has 1 aromatic heterocycles. The Balaban J connectivity index is 1.93. The zero-order valence-electron chi connectivity index (χ0n) is 13.9. The van der Waals surface area contributed by atoms with Crippen LogP contribution in [-0.2, 0) is 0 Å². The number of fused-ring (bicyclic) bond motifs is 1. The number of para-hydroxylation sites is 1. The summed E-state index contributed by atoms with van der Waals surface area (Å²) in [5.41, 5.74) is 2.41. The lowest BCUT2D eigenvalue weighted by Crippen LogP contribution is -2.30. The monoisotopic (exact) mass is 345 g/mol. The molecule has 0 unspecified atom stereocenters. The standard InChI is InChI=1S/C20H15N3O3/c1-12-5-4-6-14(9-12)23-19(25)16(18(24)22-20(23)26)10-13-11-21-17-8-3-2-7-15(13)17/h2-11,25H,1H3,(H,22,24,26). The van der Waals surface area contributed by atoms with Gasteiger partial charge in [0.15, 0.2) is 0 Å². The Morgan fingerprint density at radius 1 is 1.12 bits per heavy atom. The first-order valence-electron chi connectivity index (χ1n) is 8.05. The first-order valence-corrected chi connectivity index (χ1v) is 8.05. The van der Waals surface area contributed by atoms with Crippen LogP contribution in [0.2, 0.25) is 0 Å². The van der Waals surface area contributed by atoms with Crippen molar-refractivity contribution >= 4 is 23.6 Å². The van der Waals surface area contributed by atoms with Crippen LogP contribution in [0.15, 0.2) is 63.1 Å². The molecule has 2 aromatic carbocycles. The molecule has 0 aliphatic carbocycles. The Kier molecular flexibility index (Phi) is 3.65. The smallest absolute Gasteiger partial charge is 0.335 e. The number of aromatic nitrogens is 2. The van der Waals surface area contributed by atoms with Crippen LogP contribution in [-0.4, -0.2) is 20.9 Å². The molecular formula is C20H15N3O3. The van der Waals surface area contributed by atoms with Crippen molar-refractivity contribution in [3.63, 3.8) is 0 Å². The van der Waals surface area contributed by atoms with Crippen LogP contribution in [0, 0.1) is 6.92 Å². The fourth-order valence-electron chi connectivity index (χ4n) is 2.98. The number of H-pyrrole nitrogens is 1. The number of benzene rings is 2. The maximum absolute atomic E-state index is 12.3. The predicted molar refractivity (Wildman–Crippen MR) is 102 cm³/mol. The van der Waals surface area contributed by atoms with Crippen molar-refractivity contribution in [2.45, 2.75) is 6.92 Å². The number of hydrogen-bond donors (Lipinski definition) is 2. The van der Waals surface area contributed by atoms with Crippen LogP contribution < -0.4 is 11.2 Å². The van der Waals surface area contributed by atoms with Crippen molar-refractivity contribution in [3.05, 3.63) is 86.1 Å². The summed E-state index contributed by atoms with van der Waals surface area (Å²) in [5.74, 6) is -0.408. The number of aromatic hydroxyl groups is 1. The fraction of sp³-hybridized carbons (Fsp3) is 0.0500. The summed E-state index contributed by atoms with van der Waals surface area (Å²) in [6.45, 7) is 1.88. The van der Waals surface area contributed by atoms with Crippen LogP contribution in [0.5, 0.6) is 5.88 Å². The Labute approximate surface area is 148 Å². The second-order valence-corrected chi connectivity index (χ2v) is 6.05. The van der Waals surface area contributed by atoms with Gasteiger partial charge in [-0.25, -0.2) is 9.36 Å². The molecule has 0 radical (unpaired) electrons. The molecular weight excluding hydrogens is 330 g/mol. The average Bonchev–Trinajstić information content (AvgIpc) is 3.01. The number of aliphatic imine (C=N–C) groups is 1. The lowest BCUT2D eigenvalue weighted by atomic mass is 10.1. The second kappa shape index (κ2) is 6.00. The molecule has 0 amide bonds. The van der Waals surface area contributed by atoms with Gasteiger partial charge in [0.25, 0.3) is 5.56 Å². The van der Waals surface area contributed by atoms with E-state index in [0.717, 1.165) is 21.4 Å². The predicted octanol–water partition coefficient (Wildman–Crippen LogP) is 2.80. The van der Waals surface area contributed by atoms with Crippen molar-refractivity contribution in [1.29, 1.82) is 0 Å². The first kappa shape index (κ1) is 15.8. The van der Waals surface area contributed by atoms with E-state index in [2.05, 4.69) is 9.98 Å². The molecule has 0 saturated heterocycles. The molecule has 0 bridgehead atoms. The second-order valence-electron chi connectivity index (χ2n) is 6.05. The van der Waals surface area contributed by atoms with Crippen molar-refractivity contribution < 1.29 is 5.11 Å². The summed E-state index contributed by atoms with van der Waals surface area (Å²) >= 11 is 0. The normalized spacial score (nSPS) is 14.0. The maximum Gasteiger partial charge on any atom is 0.335 e. The molecule has 4 rings (SSSR count). The zero-order valence-corrected chi connectivity index (χ0v) is 13.9. The summed E-state index contributed by atoms with van der Waals surface area (Å²) in [4.78, 5) is 31.1. The highest BCUT2D eigenvalue weighted by Gasteiger charge is 2.17. The highest BCUT2D eigenvalue weighted by atomic mass is 16.3. The quantitative estimate of drug-likeness (QED) is 0.749. The molecule has 1 aliphatic rings. The van der Waals surface area contributed by atoms with Gasteiger partial charge in [0, 0.05) is 17.4 Å². The van der Waals surface area contributed by atoms with E-state index in [1.165, 1.54) is 6.08 Å². The highest BCUT2D eigenvalue weighted by Crippen LogP contribution is 2.32. The molecule has 2 heterocycles. The summed E-state index contributed by atoms with van der Waals surface area (Å²) in [6.07, 6.45) is 3.17. The summed E-state index contributed by atoms with van der Waals surface area (Å²) in [6, 6.07) is 14.6. The van der Waals surface area contributed by atoms with Crippen LogP contribution in [0.1, 0.15) is 16.7 Å². The topological polar surface area (TPSA) is 87.4 Å². The van der Waals surface area contributed by atoms with Gasteiger partial charge in [-0.15, -0.1) is 0 Å². The molecule has 0 spiro atoms. The third kappa shape index (κ3) is 2.57. The van der Waals surface area contributed by atoms with Gasteiger partial charge in [0.1, 0.15) is 5.56 Å². The maximum atomic E-state index is 12.3. The number of aryl methyl sites for hydroxylation is 1. The SMILES string of the molecule is Cc1cccc(-n2c(O)c(C=C3C=Nc4ccccc43)c(=O)[nH]c2=O)c1. The zero-order chi connectivity index (χ0) is 18.3. The summed E-state index contributed by atoms with van der Waals surface area (Å²) < 4.78 is 1.08. The summed E-state index contributed by atoms with van der Waals surface area (Å²) in [7, 11) is 0. The molecule has 0 fully saturated rings. The number of rotatable bonds is 2. The average molecular weight is 345 g/mol. The lowest BCUT2D eigenvalue weighted by molar-refractivity contribution is 0.429. The Morgan fingerprint density at radius 2 is 1.92 bits per heavy atom. The third-order valence-corrected chi connectivity index (χ3v) is 4.24. The molecule has 128 valence electrons. The van der Waals surface area contributed by atoms with Crippen LogP contribution >= 0.6 is 0 Å². The van der Waals surface area contributed by atoms with E-state index in [0.29, 0.717) is 11.3 Å². The van der Waals surface area contributed by atoms with Gasteiger partial charge in [0.2, 0.25) is 5.88 Å². The molecule has 0 atom stereocenters. The van der Waals surface area contributed by atoms with Crippen molar-refractivity contribution in [1.82, 2.24) is 9.55 Å². The Hall–Kier alpha value is -3.67. The molecule has 6 nitrogen and oxygen atoms in total. The van der Waals surface area contributed by atoms with Gasteiger partial charge in [0.05, 0.1) is 11.4 Å². The van der Waals surface area contributed by atoms with Gasteiger partial charge in [-0.2, -0.15) is 0 Å². The van der Waals surface area contributed by atoms with Gasteiger partial charge in [-0.1, -0.05) is 30.3 Å². The molecule has 2 N–H and O–H groups in total. The van der Waals surface area contributed by atoms with Gasteiger partial charge in [-0.05, 0) is 36.8 Å². The van der Waals surface area contributed by atoms with Gasteiger partial charge in [-0.3, -0.25) is 14.8 Å². The van der Waals surface area contributed by atoms with E-state index in [1.54, 1.807) is 24.4 Å². The molecule has 26 heavy (non-hydrogen) atoms. The van der Waals surface area contributed by atoms with Gasteiger partial charge >= 0.3 is 5.69 Å². The number of allylic oxidation sites excluding steroid dienone is 1. The minimum absolute atomic E-state index is 0.00394. The Bertz CT molecular complexity index is 1200. The van der Waals surface area contributed by atoms with E-state index in [1.807, 2.05) is 37.3 Å². The van der Waals surface area contributed by atoms with E-state index in [4.69, 9.17) is 0 Å². The largest absolute Gasteiger partial charge is 0.494 e.